The fraction of sp³-hybridized carbons (Fsp3) is 0.238. The Labute approximate surface area is 177 Å². The number of hydrogen-bond donors (Lipinski definition) is 1. The summed E-state index contributed by atoms with van der Waals surface area (Å²) >= 11 is 7.57. The van der Waals surface area contributed by atoms with Gasteiger partial charge in [-0.25, -0.2) is 9.37 Å². The second kappa shape index (κ2) is 8.80. The van der Waals surface area contributed by atoms with Gasteiger partial charge in [-0.2, -0.15) is 0 Å². The molecule has 0 aliphatic carbocycles. The van der Waals surface area contributed by atoms with Crippen molar-refractivity contribution in [2.24, 2.45) is 0 Å². The predicted octanol–water partition coefficient (Wildman–Crippen LogP) is 4.19. The van der Waals surface area contributed by atoms with Crippen LogP contribution in [0.1, 0.15) is 16.1 Å². The first-order valence-electron chi connectivity index (χ1n) is 9.33. The van der Waals surface area contributed by atoms with Crippen LogP contribution >= 0.6 is 22.9 Å². The maximum Gasteiger partial charge on any atom is 0.271 e. The summed E-state index contributed by atoms with van der Waals surface area (Å²) in [7, 11) is 0. The summed E-state index contributed by atoms with van der Waals surface area (Å²) in [6, 6.07) is 14.2. The molecular formula is C21H20ClFN4OS. The fourth-order valence-electron chi connectivity index (χ4n) is 3.27. The average Bonchev–Trinajstić information content (AvgIpc) is 3.24. The highest BCUT2D eigenvalue weighted by Crippen LogP contribution is 2.25. The Morgan fingerprint density at radius 3 is 2.52 bits per heavy atom. The molecule has 0 bridgehead atoms. The smallest absolute Gasteiger partial charge is 0.271 e. The minimum atomic E-state index is -0.225. The minimum Gasteiger partial charge on any atom is -0.366 e. The van der Waals surface area contributed by atoms with Crippen LogP contribution in [0.2, 0.25) is 5.02 Å². The number of thiazole rings is 1. The van der Waals surface area contributed by atoms with Crippen molar-refractivity contribution in [3.63, 3.8) is 0 Å². The van der Waals surface area contributed by atoms with Crippen LogP contribution in [0.25, 0.3) is 0 Å². The van der Waals surface area contributed by atoms with Gasteiger partial charge in [-0.05, 0) is 23.8 Å². The normalized spacial score (nSPS) is 14.1. The highest BCUT2D eigenvalue weighted by Gasteiger charge is 2.22. The van der Waals surface area contributed by atoms with Gasteiger partial charge in [0.05, 0.1) is 5.69 Å². The van der Waals surface area contributed by atoms with E-state index in [1.807, 2.05) is 29.2 Å². The topological polar surface area (TPSA) is 48.5 Å². The first-order chi connectivity index (χ1) is 14.1. The van der Waals surface area contributed by atoms with Crippen LogP contribution < -0.4 is 15.1 Å². The molecular weight excluding hydrogens is 411 g/mol. The standard InChI is InChI=1S/C21H20ClFN4OS/c22-16-6-2-1-5-15(16)13-24-20(28)18-14-29-21(25-18)27-11-9-26(10-12-27)19-8-4-3-7-17(19)23/h1-8,14H,9-13H2,(H,24,28). The molecule has 1 fully saturated rings. The minimum absolute atomic E-state index is 0.201. The van der Waals surface area contributed by atoms with Crippen LogP contribution in [0.15, 0.2) is 53.9 Å². The predicted molar refractivity (Wildman–Crippen MR) is 116 cm³/mol. The maximum absolute atomic E-state index is 14.0. The Morgan fingerprint density at radius 1 is 1.07 bits per heavy atom. The van der Waals surface area contributed by atoms with Crippen molar-refractivity contribution in [3.05, 3.63) is 76.0 Å². The van der Waals surface area contributed by atoms with Gasteiger partial charge in [-0.3, -0.25) is 4.79 Å². The van der Waals surface area contributed by atoms with E-state index < -0.39 is 0 Å². The Balaban J connectivity index is 1.34. The van der Waals surface area contributed by atoms with Crippen LogP contribution in [0.4, 0.5) is 15.2 Å². The fourth-order valence-corrected chi connectivity index (χ4v) is 4.33. The van der Waals surface area contributed by atoms with Crippen LogP contribution in [0.3, 0.4) is 0 Å². The number of nitrogens with one attached hydrogen (secondary N) is 1. The molecule has 0 unspecified atom stereocenters. The monoisotopic (exact) mass is 430 g/mol. The summed E-state index contributed by atoms with van der Waals surface area (Å²) in [5.41, 5.74) is 1.89. The Hall–Kier alpha value is -2.64. The molecule has 29 heavy (non-hydrogen) atoms. The number of hydrogen-bond acceptors (Lipinski definition) is 5. The van der Waals surface area contributed by atoms with Gasteiger partial charge >= 0.3 is 0 Å². The molecule has 0 radical (unpaired) electrons. The van der Waals surface area contributed by atoms with E-state index in [1.54, 1.807) is 23.6 Å². The lowest BCUT2D eigenvalue weighted by Gasteiger charge is -2.36. The molecule has 1 N–H and O–H groups in total. The molecule has 150 valence electrons. The molecule has 1 aromatic heterocycles. The number of piperazine rings is 1. The van der Waals surface area contributed by atoms with Crippen molar-refractivity contribution in [2.45, 2.75) is 6.54 Å². The number of anilines is 2. The lowest BCUT2D eigenvalue weighted by Crippen LogP contribution is -2.46. The summed E-state index contributed by atoms with van der Waals surface area (Å²) in [6.45, 7) is 3.21. The lowest BCUT2D eigenvalue weighted by atomic mass is 10.2. The molecule has 3 aromatic rings. The van der Waals surface area contributed by atoms with Crippen molar-refractivity contribution in [1.29, 1.82) is 0 Å². The first-order valence-corrected chi connectivity index (χ1v) is 10.6. The number of rotatable bonds is 5. The molecule has 5 nitrogen and oxygen atoms in total. The van der Waals surface area contributed by atoms with Gasteiger partial charge < -0.3 is 15.1 Å². The summed E-state index contributed by atoms with van der Waals surface area (Å²) in [4.78, 5) is 21.1. The second-order valence-electron chi connectivity index (χ2n) is 6.71. The number of benzene rings is 2. The van der Waals surface area contributed by atoms with Crippen LogP contribution in [0.5, 0.6) is 0 Å². The van der Waals surface area contributed by atoms with Gasteiger partial charge in [0.15, 0.2) is 5.13 Å². The molecule has 2 heterocycles. The number of halogens is 2. The maximum atomic E-state index is 14.0. The van der Waals surface area contributed by atoms with E-state index >= 15 is 0 Å². The van der Waals surface area contributed by atoms with E-state index in [1.165, 1.54) is 17.4 Å². The van der Waals surface area contributed by atoms with Gasteiger partial charge in [-0.15, -0.1) is 11.3 Å². The SMILES string of the molecule is O=C(NCc1ccccc1Cl)c1csc(N2CCN(c3ccccc3F)CC2)n1. The molecule has 4 rings (SSSR count). The zero-order valence-corrected chi connectivity index (χ0v) is 17.2. The van der Waals surface area contributed by atoms with E-state index in [9.17, 15) is 9.18 Å². The number of aromatic nitrogens is 1. The molecule has 0 atom stereocenters. The van der Waals surface area contributed by atoms with Gasteiger partial charge in [0, 0.05) is 43.1 Å². The molecule has 8 heteroatoms. The summed E-state index contributed by atoms with van der Waals surface area (Å²) in [5.74, 6) is -0.426. The van der Waals surface area contributed by atoms with E-state index in [0.717, 1.165) is 23.8 Å². The molecule has 1 aliphatic rings. The molecule has 1 amide bonds. The number of carbonyl (C=O) groups is 1. The highest BCUT2D eigenvalue weighted by atomic mass is 35.5. The third-order valence-electron chi connectivity index (χ3n) is 4.87. The van der Waals surface area contributed by atoms with E-state index in [2.05, 4.69) is 15.2 Å². The number of amides is 1. The number of nitrogens with zero attached hydrogens (tertiary/aromatic N) is 3. The van der Waals surface area contributed by atoms with Gasteiger partial charge in [0.2, 0.25) is 0 Å². The highest BCUT2D eigenvalue weighted by molar-refractivity contribution is 7.13. The van der Waals surface area contributed by atoms with E-state index in [-0.39, 0.29) is 11.7 Å². The van der Waals surface area contributed by atoms with Crippen molar-refractivity contribution in [3.8, 4) is 0 Å². The van der Waals surface area contributed by atoms with E-state index in [0.29, 0.717) is 36.0 Å². The van der Waals surface area contributed by atoms with Crippen LogP contribution in [-0.4, -0.2) is 37.1 Å². The third-order valence-corrected chi connectivity index (χ3v) is 6.14. The Bertz CT molecular complexity index is 1000. The van der Waals surface area contributed by atoms with Gasteiger partial charge in [0.1, 0.15) is 11.5 Å². The average molecular weight is 431 g/mol. The largest absolute Gasteiger partial charge is 0.366 e. The Kier molecular flexibility index (Phi) is 5.97. The first kappa shape index (κ1) is 19.7. The number of carbonyl (C=O) groups excluding carboxylic acids is 1. The summed E-state index contributed by atoms with van der Waals surface area (Å²) < 4.78 is 14.0. The van der Waals surface area contributed by atoms with Crippen molar-refractivity contribution in [2.75, 3.05) is 36.0 Å². The molecule has 0 saturated carbocycles. The van der Waals surface area contributed by atoms with E-state index in [4.69, 9.17) is 11.6 Å². The second-order valence-corrected chi connectivity index (χ2v) is 7.96. The summed E-state index contributed by atoms with van der Waals surface area (Å²) in [5, 5.41) is 6.05. The number of para-hydroxylation sites is 1. The molecule has 0 spiro atoms. The zero-order chi connectivity index (χ0) is 20.2. The van der Waals surface area contributed by atoms with Gasteiger partial charge in [0.25, 0.3) is 5.91 Å². The molecule has 1 saturated heterocycles. The molecule has 2 aromatic carbocycles. The van der Waals surface area contributed by atoms with Crippen molar-refractivity contribution in [1.82, 2.24) is 10.3 Å². The van der Waals surface area contributed by atoms with Crippen molar-refractivity contribution >= 4 is 39.7 Å². The Morgan fingerprint density at radius 2 is 1.76 bits per heavy atom. The van der Waals surface area contributed by atoms with Gasteiger partial charge in [-0.1, -0.05) is 41.9 Å². The third kappa shape index (κ3) is 4.52. The van der Waals surface area contributed by atoms with Crippen LogP contribution in [-0.2, 0) is 6.54 Å². The van der Waals surface area contributed by atoms with Crippen LogP contribution in [0, 0.1) is 5.82 Å². The molecule has 1 aliphatic heterocycles. The van der Waals surface area contributed by atoms with Crippen molar-refractivity contribution < 1.29 is 9.18 Å². The summed E-state index contributed by atoms with van der Waals surface area (Å²) in [6.07, 6.45) is 0. The lowest BCUT2D eigenvalue weighted by molar-refractivity contribution is 0.0946. The zero-order valence-electron chi connectivity index (χ0n) is 15.6. The quantitative estimate of drug-likeness (QED) is 0.659.